The Morgan fingerprint density at radius 3 is 2.88 bits per heavy atom. The maximum atomic E-state index is 10.8. The minimum absolute atomic E-state index is 0.0373. The third-order valence-electron chi connectivity index (χ3n) is 2.14. The summed E-state index contributed by atoms with van der Waals surface area (Å²) in [6.07, 6.45) is 6.44. The molecule has 17 heavy (non-hydrogen) atoms. The van der Waals surface area contributed by atoms with Crippen LogP contribution in [0.25, 0.3) is 0 Å². The van der Waals surface area contributed by atoms with Crippen LogP contribution in [0.1, 0.15) is 18.4 Å². The number of nitriles is 1. The monoisotopic (exact) mass is 229 g/mol. The number of rotatable bonds is 5. The highest BCUT2D eigenvalue weighted by Gasteiger charge is 2.13. The summed E-state index contributed by atoms with van der Waals surface area (Å²) >= 11 is 0. The molecule has 0 heterocycles. The molecule has 0 bridgehead atoms. The molecule has 0 unspecified atom stereocenters. The van der Waals surface area contributed by atoms with Gasteiger partial charge in [-0.2, -0.15) is 5.26 Å². The van der Waals surface area contributed by atoms with E-state index in [1.165, 1.54) is 18.2 Å². The lowest BCUT2D eigenvalue weighted by molar-refractivity contribution is -0.384. The second kappa shape index (κ2) is 6.14. The van der Waals surface area contributed by atoms with Gasteiger partial charge in [0.25, 0.3) is 5.69 Å². The molecule has 1 aromatic rings. The molecule has 0 saturated heterocycles. The molecule has 0 aromatic heterocycles. The zero-order valence-electron chi connectivity index (χ0n) is 9.14. The van der Waals surface area contributed by atoms with Gasteiger partial charge in [0.2, 0.25) is 0 Å². The number of benzene rings is 1. The molecular formula is C12H11N3O2. The topological polar surface area (TPSA) is 79.0 Å². The van der Waals surface area contributed by atoms with E-state index in [1.54, 1.807) is 0 Å². The lowest BCUT2D eigenvalue weighted by Gasteiger charge is -2.06. The number of hydrogen-bond acceptors (Lipinski definition) is 4. The van der Waals surface area contributed by atoms with Gasteiger partial charge < -0.3 is 5.32 Å². The Labute approximate surface area is 99.2 Å². The molecule has 0 aliphatic heterocycles. The Morgan fingerprint density at radius 1 is 1.53 bits per heavy atom. The third kappa shape index (κ3) is 3.51. The van der Waals surface area contributed by atoms with E-state index in [2.05, 4.69) is 11.2 Å². The number of nitro groups is 1. The molecule has 1 aromatic carbocycles. The SMILES string of the molecule is C#CCCCNc1cc(C#N)ccc1[N+](=O)[O-]. The van der Waals surface area contributed by atoms with Crippen molar-refractivity contribution < 1.29 is 4.92 Å². The van der Waals surface area contributed by atoms with Crippen LogP contribution < -0.4 is 5.32 Å². The molecule has 0 spiro atoms. The Balaban J connectivity index is 2.83. The lowest BCUT2D eigenvalue weighted by atomic mass is 10.2. The average molecular weight is 229 g/mol. The zero-order valence-corrected chi connectivity index (χ0v) is 9.14. The van der Waals surface area contributed by atoms with Crippen LogP contribution in [0.3, 0.4) is 0 Å². The second-order valence-electron chi connectivity index (χ2n) is 3.34. The summed E-state index contributed by atoms with van der Waals surface area (Å²) in [5, 5.41) is 22.4. The Hall–Kier alpha value is -2.53. The summed E-state index contributed by atoms with van der Waals surface area (Å²) in [5.41, 5.74) is 0.700. The van der Waals surface area contributed by atoms with Gasteiger partial charge in [-0.3, -0.25) is 10.1 Å². The Morgan fingerprint density at radius 2 is 2.29 bits per heavy atom. The van der Waals surface area contributed by atoms with E-state index in [-0.39, 0.29) is 5.69 Å². The fourth-order valence-electron chi connectivity index (χ4n) is 1.32. The highest BCUT2D eigenvalue weighted by molar-refractivity contribution is 5.64. The van der Waals surface area contributed by atoms with E-state index in [0.29, 0.717) is 24.2 Å². The van der Waals surface area contributed by atoms with Crippen molar-refractivity contribution in [1.82, 2.24) is 0 Å². The van der Waals surface area contributed by atoms with E-state index in [1.807, 2.05) is 6.07 Å². The molecule has 86 valence electrons. The van der Waals surface area contributed by atoms with Crippen LogP contribution in [0.2, 0.25) is 0 Å². The van der Waals surface area contributed by atoms with Crippen molar-refractivity contribution in [2.75, 3.05) is 11.9 Å². The highest BCUT2D eigenvalue weighted by atomic mass is 16.6. The first-order valence-electron chi connectivity index (χ1n) is 5.05. The summed E-state index contributed by atoms with van der Waals surface area (Å²) in [6.45, 7) is 0.542. The van der Waals surface area contributed by atoms with E-state index < -0.39 is 4.92 Å². The van der Waals surface area contributed by atoms with Crippen molar-refractivity contribution in [3.8, 4) is 18.4 Å². The van der Waals surface area contributed by atoms with Crippen molar-refractivity contribution >= 4 is 11.4 Å². The van der Waals surface area contributed by atoms with Crippen molar-refractivity contribution in [3.63, 3.8) is 0 Å². The van der Waals surface area contributed by atoms with Crippen LogP contribution in [0.5, 0.6) is 0 Å². The first-order chi connectivity index (χ1) is 8.19. The minimum Gasteiger partial charge on any atom is -0.379 e. The fraction of sp³-hybridized carbons (Fsp3) is 0.250. The Kier molecular flexibility index (Phi) is 4.53. The average Bonchev–Trinajstić information content (AvgIpc) is 2.34. The largest absolute Gasteiger partial charge is 0.379 e. The van der Waals surface area contributed by atoms with E-state index in [0.717, 1.165) is 6.42 Å². The van der Waals surface area contributed by atoms with Crippen LogP contribution in [-0.4, -0.2) is 11.5 Å². The summed E-state index contributed by atoms with van der Waals surface area (Å²) in [7, 11) is 0. The van der Waals surface area contributed by atoms with Gasteiger partial charge in [0.05, 0.1) is 16.6 Å². The van der Waals surface area contributed by atoms with Crippen molar-refractivity contribution in [3.05, 3.63) is 33.9 Å². The molecule has 0 amide bonds. The highest BCUT2D eigenvalue weighted by Crippen LogP contribution is 2.25. The first-order valence-corrected chi connectivity index (χ1v) is 5.05. The molecule has 0 fully saturated rings. The van der Waals surface area contributed by atoms with Gasteiger partial charge in [-0.25, -0.2) is 0 Å². The predicted molar refractivity (Wildman–Crippen MR) is 64.4 cm³/mol. The molecule has 5 nitrogen and oxygen atoms in total. The summed E-state index contributed by atoms with van der Waals surface area (Å²) < 4.78 is 0. The molecule has 0 aliphatic carbocycles. The van der Waals surface area contributed by atoms with Crippen molar-refractivity contribution in [1.29, 1.82) is 5.26 Å². The molecular weight excluding hydrogens is 218 g/mol. The lowest BCUT2D eigenvalue weighted by Crippen LogP contribution is -2.04. The van der Waals surface area contributed by atoms with Crippen LogP contribution in [0.15, 0.2) is 18.2 Å². The number of nitro benzene ring substituents is 1. The smallest absolute Gasteiger partial charge is 0.292 e. The van der Waals surface area contributed by atoms with Gasteiger partial charge in [-0.1, -0.05) is 0 Å². The molecule has 1 N–H and O–H groups in total. The van der Waals surface area contributed by atoms with E-state index >= 15 is 0 Å². The summed E-state index contributed by atoms with van der Waals surface area (Å²) in [6, 6.07) is 6.15. The molecule has 0 saturated carbocycles. The number of anilines is 1. The van der Waals surface area contributed by atoms with Gasteiger partial charge in [-0.15, -0.1) is 12.3 Å². The van der Waals surface area contributed by atoms with Gasteiger partial charge >= 0.3 is 0 Å². The number of unbranched alkanes of at least 4 members (excludes halogenated alkanes) is 1. The van der Waals surface area contributed by atoms with Crippen LogP contribution in [0, 0.1) is 33.8 Å². The molecule has 1 rings (SSSR count). The van der Waals surface area contributed by atoms with Gasteiger partial charge in [0.1, 0.15) is 5.69 Å². The second-order valence-corrected chi connectivity index (χ2v) is 3.34. The maximum absolute atomic E-state index is 10.8. The van der Waals surface area contributed by atoms with Gasteiger partial charge in [0, 0.05) is 19.0 Å². The Bertz CT molecular complexity index is 497. The zero-order chi connectivity index (χ0) is 12.7. The predicted octanol–water partition coefficient (Wildman–Crippen LogP) is 2.29. The first kappa shape index (κ1) is 12.5. The van der Waals surface area contributed by atoms with Crippen molar-refractivity contribution in [2.24, 2.45) is 0 Å². The summed E-state index contributed by atoms with van der Waals surface area (Å²) in [5.74, 6) is 2.49. The minimum atomic E-state index is -0.481. The summed E-state index contributed by atoms with van der Waals surface area (Å²) in [4.78, 5) is 10.3. The normalized spacial score (nSPS) is 9.06. The maximum Gasteiger partial charge on any atom is 0.292 e. The van der Waals surface area contributed by atoms with Crippen LogP contribution in [0.4, 0.5) is 11.4 Å². The van der Waals surface area contributed by atoms with E-state index in [9.17, 15) is 10.1 Å². The van der Waals surface area contributed by atoms with Crippen LogP contribution in [-0.2, 0) is 0 Å². The molecule has 0 atom stereocenters. The third-order valence-corrected chi connectivity index (χ3v) is 2.14. The van der Waals surface area contributed by atoms with Crippen LogP contribution >= 0.6 is 0 Å². The standard InChI is InChI=1S/C12H11N3O2/c1-2-3-4-7-14-11-8-10(9-13)5-6-12(11)15(16)17/h1,5-6,8,14H,3-4,7H2. The molecule has 5 heteroatoms. The van der Waals surface area contributed by atoms with Gasteiger partial charge in [-0.05, 0) is 18.6 Å². The van der Waals surface area contributed by atoms with Gasteiger partial charge in [0.15, 0.2) is 0 Å². The van der Waals surface area contributed by atoms with Crippen molar-refractivity contribution in [2.45, 2.75) is 12.8 Å². The number of nitrogens with zero attached hydrogens (tertiary/aromatic N) is 2. The number of nitrogens with one attached hydrogen (secondary N) is 1. The molecule has 0 aliphatic rings. The quantitative estimate of drug-likeness (QED) is 0.363. The van der Waals surface area contributed by atoms with E-state index in [4.69, 9.17) is 11.7 Å². The number of hydrogen-bond donors (Lipinski definition) is 1. The molecule has 0 radical (unpaired) electrons. The number of terminal acetylenes is 1. The fourth-order valence-corrected chi connectivity index (χ4v) is 1.32.